The lowest BCUT2D eigenvalue weighted by molar-refractivity contribution is 0.0429. The van der Waals surface area contributed by atoms with E-state index < -0.39 is 23.4 Å². The van der Waals surface area contributed by atoms with Gasteiger partial charge >= 0.3 is 12.2 Å². The van der Waals surface area contributed by atoms with Gasteiger partial charge in [-0.1, -0.05) is 23.8 Å². The Labute approximate surface area is 154 Å². The third kappa shape index (κ3) is 4.94. The first-order valence-corrected chi connectivity index (χ1v) is 8.49. The summed E-state index contributed by atoms with van der Waals surface area (Å²) >= 11 is 0. The number of aromatic nitrogens is 1. The van der Waals surface area contributed by atoms with E-state index in [4.69, 9.17) is 9.47 Å². The van der Waals surface area contributed by atoms with Crippen molar-refractivity contribution in [2.45, 2.75) is 59.7 Å². The smallest absolute Gasteiger partial charge is 0.425 e. The molecule has 0 spiro atoms. The quantitative estimate of drug-likeness (QED) is 0.699. The van der Waals surface area contributed by atoms with Crippen LogP contribution in [-0.4, -0.2) is 28.4 Å². The lowest BCUT2D eigenvalue weighted by Gasteiger charge is -2.28. The number of ether oxygens (including phenoxy) is 2. The molecule has 2 amide bonds. The van der Waals surface area contributed by atoms with Crippen molar-refractivity contribution in [2.24, 2.45) is 0 Å². The highest BCUT2D eigenvalue weighted by atomic mass is 16.6. The van der Waals surface area contributed by atoms with Crippen molar-refractivity contribution in [3.05, 3.63) is 36.0 Å². The van der Waals surface area contributed by atoms with Crippen LogP contribution in [0.5, 0.6) is 0 Å². The van der Waals surface area contributed by atoms with E-state index in [1.54, 1.807) is 47.7 Å². The van der Waals surface area contributed by atoms with Gasteiger partial charge in [-0.25, -0.2) is 14.6 Å². The SMILES string of the molecule is Cc1ccc2c(N(C(=O)OC(C)(C)C)C(=O)OC(C)(C)C)nccc2c1. The van der Waals surface area contributed by atoms with Gasteiger partial charge in [0, 0.05) is 11.6 Å². The van der Waals surface area contributed by atoms with Crippen LogP contribution >= 0.6 is 0 Å². The van der Waals surface area contributed by atoms with Crippen molar-refractivity contribution in [1.82, 2.24) is 4.98 Å². The summed E-state index contributed by atoms with van der Waals surface area (Å²) in [4.78, 5) is 30.6. The first-order valence-electron chi connectivity index (χ1n) is 8.49. The van der Waals surface area contributed by atoms with Gasteiger partial charge in [-0.2, -0.15) is 4.90 Å². The maximum atomic E-state index is 12.8. The molecule has 0 atom stereocenters. The Hall–Kier alpha value is -2.63. The number of pyridine rings is 1. The molecule has 0 saturated heterocycles. The third-order valence-electron chi connectivity index (χ3n) is 3.26. The maximum Gasteiger partial charge on any atom is 0.425 e. The predicted molar refractivity (Wildman–Crippen MR) is 101 cm³/mol. The molecule has 1 aromatic carbocycles. The molecule has 6 nitrogen and oxygen atoms in total. The second-order valence-electron chi connectivity index (χ2n) is 8.16. The zero-order valence-corrected chi connectivity index (χ0v) is 16.4. The number of fused-ring (bicyclic) bond motifs is 1. The van der Waals surface area contributed by atoms with Crippen molar-refractivity contribution in [3.8, 4) is 0 Å². The molecule has 0 aliphatic heterocycles. The van der Waals surface area contributed by atoms with Gasteiger partial charge < -0.3 is 9.47 Å². The second kappa shape index (κ2) is 6.94. The van der Waals surface area contributed by atoms with Crippen LogP contribution in [-0.2, 0) is 9.47 Å². The Morgan fingerprint density at radius 3 is 1.96 bits per heavy atom. The number of amides is 2. The minimum atomic E-state index is -0.827. The first kappa shape index (κ1) is 19.7. The highest BCUT2D eigenvalue weighted by Gasteiger charge is 2.34. The van der Waals surface area contributed by atoms with Gasteiger partial charge in [-0.3, -0.25) is 0 Å². The molecule has 26 heavy (non-hydrogen) atoms. The number of benzene rings is 1. The molecule has 1 heterocycles. The Kier molecular flexibility index (Phi) is 5.26. The van der Waals surface area contributed by atoms with Crippen molar-refractivity contribution >= 4 is 28.8 Å². The van der Waals surface area contributed by atoms with Gasteiger partial charge in [0.05, 0.1) is 0 Å². The minimum absolute atomic E-state index is 0.186. The van der Waals surface area contributed by atoms with E-state index in [9.17, 15) is 9.59 Å². The first-order chi connectivity index (χ1) is 11.9. The van der Waals surface area contributed by atoms with E-state index in [1.807, 2.05) is 31.2 Å². The highest BCUT2D eigenvalue weighted by Crippen LogP contribution is 2.28. The summed E-state index contributed by atoms with van der Waals surface area (Å²) in [6.45, 7) is 12.4. The van der Waals surface area contributed by atoms with E-state index in [-0.39, 0.29) is 5.82 Å². The van der Waals surface area contributed by atoms with Crippen molar-refractivity contribution in [3.63, 3.8) is 0 Å². The number of nitrogens with zero attached hydrogens (tertiary/aromatic N) is 2. The Bertz CT molecular complexity index is 804. The third-order valence-corrected chi connectivity index (χ3v) is 3.26. The molecule has 2 aromatic rings. The molecule has 0 N–H and O–H groups in total. The fourth-order valence-corrected chi connectivity index (χ4v) is 2.32. The molecule has 2 rings (SSSR count). The molecule has 0 radical (unpaired) electrons. The average molecular weight is 358 g/mol. The van der Waals surface area contributed by atoms with E-state index in [1.165, 1.54) is 0 Å². The van der Waals surface area contributed by atoms with E-state index in [0.29, 0.717) is 5.39 Å². The normalized spacial score (nSPS) is 12.0. The number of carbonyl (C=O) groups is 2. The van der Waals surface area contributed by atoms with Crippen LogP contribution in [0.25, 0.3) is 10.8 Å². The van der Waals surface area contributed by atoms with Crippen molar-refractivity contribution < 1.29 is 19.1 Å². The molecule has 0 aliphatic rings. The molecule has 0 unspecified atom stereocenters. The Morgan fingerprint density at radius 2 is 1.46 bits per heavy atom. The van der Waals surface area contributed by atoms with Crippen LogP contribution in [0.15, 0.2) is 30.5 Å². The molecule has 1 aromatic heterocycles. The van der Waals surface area contributed by atoms with Gasteiger partial charge in [0.2, 0.25) is 0 Å². The summed E-state index contributed by atoms with van der Waals surface area (Å²) in [5, 5.41) is 1.53. The average Bonchev–Trinajstić information content (AvgIpc) is 2.43. The number of hydrogen-bond donors (Lipinski definition) is 0. The van der Waals surface area contributed by atoms with Crippen LogP contribution in [0.3, 0.4) is 0 Å². The molecular formula is C20H26N2O4. The monoisotopic (exact) mass is 358 g/mol. The van der Waals surface area contributed by atoms with Crippen LogP contribution in [0.2, 0.25) is 0 Å². The van der Waals surface area contributed by atoms with Crippen LogP contribution in [0, 0.1) is 6.92 Å². The molecular weight excluding hydrogens is 332 g/mol. The molecule has 140 valence electrons. The Morgan fingerprint density at radius 1 is 0.923 bits per heavy atom. The summed E-state index contributed by atoms with van der Waals surface area (Å²) in [6.07, 6.45) is -0.0987. The standard InChI is InChI=1S/C20H26N2O4/c1-13-8-9-15-14(12-13)10-11-21-16(15)22(17(23)25-19(2,3)4)18(24)26-20(5,6)7/h8-12H,1-7H3. The number of rotatable bonds is 1. The van der Waals surface area contributed by atoms with Crippen LogP contribution < -0.4 is 4.90 Å². The fourth-order valence-electron chi connectivity index (χ4n) is 2.32. The number of hydrogen-bond acceptors (Lipinski definition) is 5. The summed E-state index contributed by atoms with van der Waals surface area (Å²) < 4.78 is 10.8. The maximum absolute atomic E-state index is 12.8. The molecule has 0 aliphatic carbocycles. The van der Waals surface area contributed by atoms with E-state index in [0.717, 1.165) is 15.8 Å². The van der Waals surface area contributed by atoms with E-state index >= 15 is 0 Å². The molecule has 0 fully saturated rings. The number of anilines is 1. The topological polar surface area (TPSA) is 68.7 Å². The van der Waals surface area contributed by atoms with Gasteiger partial charge in [0.1, 0.15) is 11.2 Å². The van der Waals surface area contributed by atoms with Gasteiger partial charge in [-0.05, 0) is 59.9 Å². The zero-order valence-electron chi connectivity index (χ0n) is 16.4. The predicted octanol–water partition coefficient (Wildman–Crippen LogP) is 5.22. The lowest BCUT2D eigenvalue weighted by Crippen LogP contribution is -2.44. The number of carbonyl (C=O) groups excluding carboxylic acids is 2. The van der Waals surface area contributed by atoms with Crippen molar-refractivity contribution in [2.75, 3.05) is 4.90 Å². The summed E-state index contributed by atoms with van der Waals surface area (Å²) in [6, 6.07) is 7.52. The lowest BCUT2D eigenvalue weighted by atomic mass is 10.1. The molecule has 6 heteroatoms. The number of imide groups is 1. The molecule has 0 saturated carbocycles. The zero-order chi connectivity index (χ0) is 19.7. The van der Waals surface area contributed by atoms with Crippen LogP contribution in [0.4, 0.5) is 15.4 Å². The van der Waals surface area contributed by atoms with Crippen LogP contribution in [0.1, 0.15) is 47.1 Å². The van der Waals surface area contributed by atoms with Crippen molar-refractivity contribution in [1.29, 1.82) is 0 Å². The fraction of sp³-hybridized carbons (Fsp3) is 0.450. The molecule has 0 bridgehead atoms. The van der Waals surface area contributed by atoms with Gasteiger partial charge in [-0.15, -0.1) is 0 Å². The van der Waals surface area contributed by atoms with Gasteiger partial charge in [0.15, 0.2) is 5.82 Å². The van der Waals surface area contributed by atoms with E-state index in [2.05, 4.69) is 4.98 Å². The van der Waals surface area contributed by atoms with Gasteiger partial charge in [0.25, 0.3) is 0 Å². The summed E-state index contributed by atoms with van der Waals surface area (Å²) in [7, 11) is 0. The second-order valence-corrected chi connectivity index (χ2v) is 8.16. The largest absolute Gasteiger partial charge is 0.443 e. The summed E-state index contributed by atoms with van der Waals surface area (Å²) in [5.74, 6) is 0.186. The summed E-state index contributed by atoms with van der Waals surface area (Å²) in [5.41, 5.74) is -0.465. The minimum Gasteiger partial charge on any atom is -0.443 e. The highest BCUT2D eigenvalue weighted by molar-refractivity contribution is 6.13. The number of aryl methyl sites for hydroxylation is 1. The Balaban J connectivity index is 2.57.